The van der Waals surface area contributed by atoms with Crippen LogP contribution in [0.1, 0.15) is 31.5 Å². The lowest BCUT2D eigenvalue weighted by Gasteiger charge is -2.23. The summed E-state index contributed by atoms with van der Waals surface area (Å²) in [6.07, 6.45) is 0.605. The first kappa shape index (κ1) is 21.9. The van der Waals surface area contributed by atoms with E-state index in [0.717, 1.165) is 35.7 Å². The number of aryl methyl sites for hydroxylation is 1. The molecular formula is C24H31N3O3. The lowest BCUT2D eigenvalue weighted by Crippen LogP contribution is -2.31. The van der Waals surface area contributed by atoms with Crippen molar-refractivity contribution in [3.8, 4) is 23.1 Å². The van der Waals surface area contributed by atoms with Gasteiger partial charge in [-0.2, -0.15) is 5.10 Å². The van der Waals surface area contributed by atoms with Crippen molar-refractivity contribution >= 4 is 0 Å². The highest BCUT2D eigenvalue weighted by atomic mass is 16.5. The van der Waals surface area contributed by atoms with E-state index in [4.69, 9.17) is 14.6 Å². The largest absolute Gasteiger partial charge is 0.497 e. The predicted octanol–water partition coefficient (Wildman–Crippen LogP) is 4.57. The van der Waals surface area contributed by atoms with E-state index in [1.165, 1.54) is 0 Å². The number of nitrogens with zero attached hydrogens (tertiary/aromatic N) is 3. The van der Waals surface area contributed by atoms with Gasteiger partial charge in [0.2, 0.25) is 5.88 Å². The van der Waals surface area contributed by atoms with E-state index in [0.29, 0.717) is 24.7 Å². The second-order valence-corrected chi connectivity index (χ2v) is 7.48. The normalized spacial score (nSPS) is 12.2. The van der Waals surface area contributed by atoms with Crippen LogP contribution >= 0.6 is 0 Å². The molecule has 0 amide bonds. The van der Waals surface area contributed by atoms with Crippen molar-refractivity contribution < 1.29 is 14.6 Å². The summed E-state index contributed by atoms with van der Waals surface area (Å²) in [5, 5.41) is 14.7. The summed E-state index contributed by atoms with van der Waals surface area (Å²) < 4.78 is 13.6. The van der Waals surface area contributed by atoms with Crippen LogP contribution < -0.4 is 9.47 Å². The maximum atomic E-state index is 9.93. The molecule has 3 aromatic rings. The summed E-state index contributed by atoms with van der Waals surface area (Å²) >= 11 is 0. The number of aliphatic hydroxyl groups is 1. The number of rotatable bonds is 10. The van der Waals surface area contributed by atoms with Crippen LogP contribution in [0.5, 0.6) is 17.4 Å². The summed E-state index contributed by atoms with van der Waals surface area (Å²) in [5.41, 5.74) is 2.85. The van der Waals surface area contributed by atoms with Gasteiger partial charge < -0.3 is 14.6 Å². The van der Waals surface area contributed by atoms with Gasteiger partial charge in [-0.3, -0.25) is 4.90 Å². The molecule has 6 nitrogen and oxygen atoms in total. The number of aliphatic hydroxyl groups excluding tert-OH is 1. The summed E-state index contributed by atoms with van der Waals surface area (Å²) in [4.78, 5) is 2.24. The Morgan fingerprint density at radius 1 is 1.10 bits per heavy atom. The van der Waals surface area contributed by atoms with E-state index >= 15 is 0 Å². The van der Waals surface area contributed by atoms with Crippen molar-refractivity contribution in [2.45, 2.75) is 39.8 Å². The van der Waals surface area contributed by atoms with Crippen molar-refractivity contribution in [1.29, 1.82) is 0 Å². The predicted molar refractivity (Wildman–Crippen MR) is 119 cm³/mol. The Labute approximate surface area is 178 Å². The van der Waals surface area contributed by atoms with Crippen molar-refractivity contribution in [2.24, 2.45) is 0 Å². The Balaban J connectivity index is 2.03. The maximum absolute atomic E-state index is 9.93. The summed E-state index contributed by atoms with van der Waals surface area (Å²) in [7, 11) is 1.64. The molecule has 3 rings (SSSR count). The highest BCUT2D eigenvalue weighted by Gasteiger charge is 2.22. The number of aromatic nitrogens is 2. The zero-order chi connectivity index (χ0) is 21.5. The SMILES string of the molecule is CCCN(Cc1c(C)nn(-c2ccccc2)c1Oc1cccc(OC)c1)CC(C)O. The van der Waals surface area contributed by atoms with Gasteiger partial charge in [-0.05, 0) is 51.1 Å². The zero-order valence-corrected chi connectivity index (χ0v) is 18.2. The smallest absolute Gasteiger partial charge is 0.227 e. The monoisotopic (exact) mass is 409 g/mol. The molecule has 0 aliphatic carbocycles. The minimum atomic E-state index is -0.399. The number of benzene rings is 2. The molecule has 0 saturated carbocycles. The van der Waals surface area contributed by atoms with Crippen LogP contribution in [0.3, 0.4) is 0 Å². The van der Waals surface area contributed by atoms with Gasteiger partial charge in [-0.15, -0.1) is 0 Å². The molecule has 0 saturated heterocycles. The first-order valence-electron chi connectivity index (χ1n) is 10.4. The van der Waals surface area contributed by atoms with Crippen molar-refractivity contribution in [2.75, 3.05) is 20.2 Å². The van der Waals surface area contributed by atoms with Crippen molar-refractivity contribution in [3.05, 3.63) is 65.9 Å². The molecule has 160 valence electrons. The number of ether oxygens (including phenoxy) is 2. The molecular weight excluding hydrogens is 378 g/mol. The molecule has 0 aliphatic heterocycles. The summed E-state index contributed by atoms with van der Waals surface area (Å²) in [5.74, 6) is 2.10. The fraction of sp³-hybridized carbons (Fsp3) is 0.375. The second kappa shape index (κ2) is 10.3. The number of methoxy groups -OCH3 is 1. The lowest BCUT2D eigenvalue weighted by molar-refractivity contribution is 0.122. The van der Waals surface area contributed by atoms with Gasteiger partial charge in [0.15, 0.2) is 0 Å². The van der Waals surface area contributed by atoms with Gasteiger partial charge in [-0.1, -0.05) is 31.2 Å². The first-order chi connectivity index (χ1) is 14.5. The number of hydrogen-bond acceptors (Lipinski definition) is 5. The topological polar surface area (TPSA) is 59.8 Å². The highest BCUT2D eigenvalue weighted by molar-refractivity contribution is 5.44. The molecule has 1 unspecified atom stereocenters. The molecule has 6 heteroatoms. The minimum absolute atomic E-state index is 0.399. The van der Waals surface area contributed by atoms with Crippen LogP contribution in [0.15, 0.2) is 54.6 Å². The summed E-state index contributed by atoms with van der Waals surface area (Å²) in [6, 6.07) is 17.5. The lowest BCUT2D eigenvalue weighted by atomic mass is 10.2. The molecule has 0 spiro atoms. The molecule has 0 aliphatic rings. The Bertz CT molecular complexity index is 938. The van der Waals surface area contributed by atoms with Crippen LogP contribution in [-0.4, -0.2) is 46.1 Å². The Hall–Kier alpha value is -2.83. The standard InChI is InChI=1S/C24H31N3O3/c1-5-14-26(16-18(2)28)17-23-19(3)25-27(20-10-7-6-8-11-20)24(23)30-22-13-9-12-21(15-22)29-4/h6-13,15,18,28H,5,14,16-17H2,1-4H3. The van der Waals surface area contributed by atoms with Gasteiger partial charge in [0.05, 0.1) is 30.2 Å². The Kier molecular flexibility index (Phi) is 7.49. The van der Waals surface area contributed by atoms with Gasteiger partial charge in [0, 0.05) is 19.2 Å². The van der Waals surface area contributed by atoms with E-state index in [-0.39, 0.29) is 0 Å². The van der Waals surface area contributed by atoms with Crippen LogP contribution in [-0.2, 0) is 6.54 Å². The van der Waals surface area contributed by atoms with Gasteiger partial charge >= 0.3 is 0 Å². The number of para-hydroxylation sites is 1. The minimum Gasteiger partial charge on any atom is -0.497 e. The van der Waals surface area contributed by atoms with E-state index in [1.54, 1.807) is 7.11 Å². The van der Waals surface area contributed by atoms with E-state index in [9.17, 15) is 5.11 Å². The van der Waals surface area contributed by atoms with Crippen LogP contribution in [0.2, 0.25) is 0 Å². The third-order valence-electron chi connectivity index (χ3n) is 4.84. The molecule has 2 aromatic carbocycles. The fourth-order valence-corrected chi connectivity index (χ4v) is 3.49. The molecule has 0 radical (unpaired) electrons. The third kappa shape index (κ3) is 5.40. The van der Waals surface area contributed by atoms with Crippen LogP contribution in [0, 0.1) is 6.92 Å². The second-order valence-electron chi connectivity index (χ2n) is 7.48. The van der Waals surface area contributed by atoms with Gasteiger partial charge in [0.25, 0.3) is 0 Å². The molecule has 1 aromatic heterocycles. The zero-order valence-electron chi connectivity index (χ0n) is 18.2. The summed E-state index contributed by atoms with van der Waals surface area (Å²) in [6.45, 7) is 8.10. The molecule has 1 atom stereocenters. The van der Waals surface area contributed by atoms with Crippen molar-refractivity contribution in [1.82, 2.24) is 14.7 Å². The van der Waals surface area contributed by atoms with Gasteiger partial charge in [0.1, 0.15) is 11.5 Å². The maximum Gasteiger partial charge on any atom is 0.227 e. The molecule has 0 bridgehead atoms. The molecule has 0 fully saturated rings. The third-order valence-corrected chi connectivity index (χ3v) is 4.84. The van der Waals surface area contributed by atoms with E-state index in [2.05, 4.69) is 11.8 Å². The average Bonchev–Trinajstić information content (AvgIpc) is 3.04. The molecule has 30 heavy (non-hydrogen) atoms. The molecule has 1 N–H and O–H groups in total. The van der Waals surface area contributed by atoms with Crippen LogP contribution in [0.25, 0.3) is 5.69 Å². The van der Waals surface area contributed by atoms with E-state index in [1.807, 2.05) is 73.1 Å². The van der Waals surface area contributed by atoms with Crippen LogP contribution in [0.4, 0.5) is 0 Å². The number of hydrogen-bond donors (Lipinski definition) is 1. The quantitative estimate of drug-likeness (QED) is 0.531. The van der Waals surface area contributed by atoms with Crippen molar-refractivity contribution in [3.63, 3.8) is 0 Å². The van der Waals surface area contributed by atoms with Gasteiger partial charge in [-0.25, -0.2) is 4.68 Å². The first-order valence-corrected chi connectivity index (χ1v) is 10.4. The Morgan fingerprint density at radius 2 is 1.83 bits per heavy atom. The fourth-order valence-electron chi connectivity index (χ4n) is 3.49. The average molecular weight is 410 g/mol. The highest BCUT2D eigenvalue weighted by Crippen LogP contribution is 2.33. The van der Waals surface area contributed by atoms with E-state index < -0.39 is 6.10 Å². The Morgan fingerprint density at radius 3 is 2.50 bits per heavy atom. The molecule has 1 heterocycles.